The molecular weight excluding hydrogens is 304 g/mol. The molecule has 24 heavy (non-hydrogen) atoms. The second kappa shape index (κ2) is 11.0. The van der Waals surface area contributed by atoms with Crippen LogP contribution in [0, 0.1) is 0 Å². The van der Waals surface area contributed by atoms with E-state index in [1.807, 2.05) is 0 Å². The molecule has 0 aromatic rings. The number of hydrogen-bond donors (Lipinski definition) is 0. The van der Waals surface area contributed by atoms with Crippen molar-refractivity contribution in [3.05, 3.63) is 0 Å². The van der Waals surface area contributed by atoms with Crippen LogP contribution in [0.4, 0.5) is 0 Å². The summed E-state index contributed by atoms with van der Waals surface area (Å²) in [5.74, 6) is 0.777. The lowest BCUT2D eigenvalue weighted by Gasteiger charge is -2.26. The van der Waals surface area contributed by atoms with Gasteiger partial charge in [0.2, 0.25) is 0 Å². The molecule has 0 aromatic carbocycles. The predicted octanol–water partition coefficient (Wildman–Crippen LogP) is 4.38. The van der Waals surface area contributed by atoms with Crippen molar-refractivity contribution >= 4 is 11.6 Å². The first-order chi connectivity index (χ1) is 11.6. The van der Waals surface area contributed by atoms with Gasteiger partial charge in [-0.05, 0) is 51.9 Å². The van der Waals surface area contributed by atoms with Crippen LogP contribution in [0.5, 0.6) is 0 Å². The van der Waals surface area contributed by atoms with Gasteiger partial charge >= 0.3 is 0 Å². The minimum absolute atomic E-state index is 0.387. The first-order valence-corrected chi connectivity index (χ1v) is 9.95. The van der Waals surface area contributed by atoms with Crippen molar-refractivity contribution in [3.8, 4) is 0 Å². The van der Waals surface area contributed by atoms with Crippen LogP contribution in [0.3, 0.4) is 0 Å². The van der Waals surface area contributed by atoms with Gasteiger partial charge in [-0.1, -0.05) is 12.8 Å². The average molecular weight is 338 g/mol. The average Bonchev–Trinajstić information content (AvgIpc) is 3.21. The Balaban J connectivity index is 1.31. The summed E-state index contributed by atoms with van der Waals surface area (Å²) in [5.41, 5.74) is 0. The van der Waals surface area contributed by atoms with E-state index in [9.17, 15) is 9.59 Å². The molecule has 2 rings (SSSR count). The van der Waals surface area contributed by atoms with Crippen LogP contribution >= 0.6 is 0 Å². The Morgan fingerprint density at radius 3 is 1.79 bits per heavy atom. The van der Waals surface area contributed by atoms with Crippen molar-refractivity contribution in [2.75, 3.05) is 6.61 Å². The smallest absolute Gasteiger partial charge is 0.132 e. The van der Waals surface area contributed by atoms with Crippen molar-refractivity contribution in [3.63, 3.8) is 0 Å². The molecule has 0 aliphatic carbocycles. The lowest BCUT2D eigenvalue weighted by Crippen LogP contribution is -2.26. The lowest BCUT2D eigenvalue weighted by atomic mass is 10.0. The van der Waals surface area contributed by atoms with Gasteiger partial charge in [-0.2, -0.15) is 0 Å². The molecule has 0 amide bonds. The van der Waals surface area contributed by atoms with Crippen LogP contribution in [0.25, 0.3) is 0 Å². The highest BCUT2D eigenvalue weighted by Crippen LogP contribution is 2.26. The van der Waals surface area contributed by atoms with Crippen LogP contribution < -0.4 is 0 Å². The molecule has 2 saturated heterocycles. The summed E-state index contributed by atoms with van der Waals surface area (Å²) in [4.78, 5) is 23.5. The number of ether oxygens (including phenoxy) is 2. The highest BCUT2D eigenvalue weighted by Gasteiger charge is 2.33. The first-order valence-electron chi connectivity index (χ1n) is 9.95. The minimum atomic E-state index is 0.387. The molecule has 3 unspecified atom stereocenters. The van der Waals surface area contributed by atoms with Crippen LogP contribution in [-0.4, -0.2) is 36.5 Å². The molecule has 0 bridgehead atoms. The number of hydrogen-bond acceptors (Lipinski definition) is 4. The standard InChI is InChI=1S/C20H34O4/c1-16-20(24-16)13-7-11-18(22)9-5-3-2-4-8-17(21)10-6-12-19-14-15-23-19/h16,19-20H,2-15H2,1H3. The molecule has 2 fully saturated rings. The molecule has 2 aliphatic rings. The van der Waals surface area contributed by atoms with E-state index in [2.05, 4.69) is 6.92 Å². The van der Waals surface area contributed by atoms with Crippen LogP contribution in [0.1, 0.15) is 90.4 Å². The van der Waals surface area contributed by atoms with Crippen LogP contribution in [0.2, 0.25) is 0 Å². The third-order valence-electron chi connectivity index (χ3n) is 5.22. The van der Waals surface area contributed by atoms with Gasteiger partial charge in [-0.3, -0.25) is 9.59 Å². The minimum Gasteiger partial charge on any atom is -0.378 e. The third-order valence-corrected chi connectivity index (χ3v) is 5.22. The van der Waals surface area contributed by atoms with E-state index in [0.29, 0.717) is 55.6 Å². The van der Waals surface area contributed by atoms with Crippen molar-refractivity contribution < 1.29 is 19.1 Å². The zero-order valence-corrected chi connectivity index (χ0v) is 15.3. The lowest BCUT2D eigenvalue weighted by molar-refractivity contribution is -0.120. The molecule has 2 heterocycles. The number of ketones is 2. The molecule has 3 atom stereocenters. The Labute approximate surface area is 146 Å². The van der Waals surface area contributed by atoms with Crippen LogP contribution in [-0.2, 0) is 19.1 Å². The molecule has 138 valence electrons. The van der Waals surface area contributed by atoms with E-state index in [4.69, 9.17) is 9.47 Å². The first kappa shape index (κ1) is 19.6. The molecule has 0 N–H and O–H groups in total. The van der Waals surface area contributed by atoms with E-state index in [-0.39, 0.29) is 0 Å². The molecule has 0 saturated carbocycles. The number of rotatable bonds is 15. The number of unbranched alkanes of at least 4 members (excludes halogenated alkanes) is 3. The van der Waals surface area contributed by atoms with Gasteiger partial charge in [0.05, 0.1) is 18.3 Å². The fourth-order valence-corrected chi connectivity index (χ4v) is 3.32. The largest absolute Gasteiger partial charge is 0.378 e. The monoisotopic (exact) mass is 338 g/mol. The van der Waals surface area contributed by atoms with E-state index in [0.717, 1.165) is 58.0 Å². The number of Topliss-reactive ketones (excluding diaryl/α,β-unsaturated/α-hetero) is 2. The number of carbonyl (C=O) groups is 2. The summed E-state index contributed by atoms with van der Waals surface area (Å²) >= 11 is 0. The predicted molar refractivity (Wildman–Crippen MR) is 94.1 cm³/mol. The zero-order chi connectivity index (χ0) is 17.2. The van der Waals surface area contributed by atoms with Gasteiger partial charge in [-0.25, -0.2) is 0 Å². The van der Waals surface area contributed by atoms with Crippen molar-refractivity contribution in [2.24, 2.45) is 0 Å². The maximum absolute atomic E-state index is 11.8. The number of epoxide rings is 1. The molecule has 0 radical (unpaired) electrons. The quantitative estimate of drug-likeness (QED) is 0.328. The second-order valence-electron chi connectivity index (χ2n) is 7.44. The van der Waals surface area contributed by atoms with E-state index in [1.54, 1.807) is 0 Å². The molecule has 0 aromatic heterocycles. The SMILES string of the molecule is CC1OC1CCCC(=O)CCCCCCC(=O)CCCC1CCO1. The van der Waals surface area contributed by atoms with E-state index in [1.165, 1.54) is 6.42 Å². The fourth-order valence-electron chi connectivity index (χ4n) is 3.32. The van der Waals surface area contributed by atoms with Gasteiger partial charge in [0.1, 0.15) is 11.6 Å². The van der Waals surface area contributed by atoms with Crippen molar-refractivity contribution in [2.45, 2.75) is 109 Å². The topological polar surface area (TPSA) is 55.9 Å². The van der Waals surface area contributed by atoms with Crippen LogP contribution in [0.15, 0.2) is 0 Å². The summed E-state index contributed by atoms with van der Waals surface area (Å²) in [7, 11) is 0. The Morgan fingerprint density at radius 2 is 1.33 bits per heavy atom. The van der Waals surface area contributed by atoms with E-state index < -0.39 is 0 Å². The molecule has 2 aliphatic heterocycles. The Kier molecular flexibility index (Phi) is 8.97. The normalized spacial score (nSPS) is 25.3. The zero-order valence-electron chi connectivity index (χ0n) is 15.3. The van der Waals surface area contributed by atoms with Gasteiger partial charge in [0.15, 0.2) is 0 Å². The molecule has 4 nitrogen and oxygen atoms in total. The highest BCUT2D eigenvalue weighted by molar-refractivity contribution is 5.78. The van der Waals surface area contributed by atoms with Gasteiger partial charge < -0.3 is 9.47 Å². The number of carbonyl (C=O) groups excluding carboxylic acids is 2. The summed E-state index contributed by atoms with van der Waals surface area (Å²) < 4.78 is 10.7. The second-order valence-corrected chi connectivity index (χ2v) is 7.44. The maximum Gasteiger partial charge on any atom is 0.132 e. The summed E-state index contributed by atoms with van der Waals surface area (Å²) in [6, 6.07) is 0. The maximum atomic E-state index is 11.8. The van der Waals surface area contributed by atoms with Crippen molar-refractivity contribution in [1.29, 1.82) is 0 Å². The molecule has 4 heteroatoms. The summed E-state index contributed by atoms with van der Waals surface area (Å²) in [6.07, 6.45) is 13.3. The third kappa shape index (κ3) is 8.39. The van der Waals surface area contributed by atoms with E-state index >= 15 is 0 Å². The van der Waals surface area contributed by atoms with Crippen molar-refractivity contribution in [1.82, 2.24) is 0 Å². The fraction of sp³-hybridized carbons (Fsp3) is 0.900. The Bertz CT molecular complexity index is 362. The summed E-state index contributed by atoms with van der Waals surface area (Å²) in [5, 5.41) is 0. The Morgan fingerprint density at radius 1 is 0.833 bits per heavy atom. The van der Waals surface area contributed by atoms with Gasteiger partial charge in [0, 0.05) is 32.3 Å². The van der Waals surface area contributed by atoms with Gasteiger partial charge in [0.25, 0.3) is 0 Å². The summed E-state index contributed by atoms with van der Waals surface area (Å²) in [6.45, 7) is 2.98. The molecular formula is C20H34O4. The molecule has 0 spiro atoms. The Hall–Kier alpha value is -0.740. The highest BCUT2D eigenvalue weighted by atomic mass is 16.6. The van der Waals surface area contributed by atoms with Gasteiger partial charge in [-0.15, -0.1) is 0 Å².